The summed E-state index contributed by atoms with van der Waals surface area (Å²) < 4.78 is 16.7. The van der Waals surface area contributed by atoms with Crippen LogP contribution in [0.5, 0.6) is 11.5 Å². The largest absolute Gasteiger partial charge is 0.454 e. The lowest BCUT2D eigenvalue weighted by atomic mass is 10.1. The van der Waals surface area contributed by atoms with Crippen LogP contribution in [0.1, 0.15) is 30.4 Å². The molecule has 0 atom stereocenters. The quantitative estimate of drug-likeness (QED) is 0.674. The Balaban J connectivity index is 1.36. The van der Waals surface area contributed by atoms with Gasteiger partial charge in [0.15, 0.2) is 11.5 Å². The van der Waals surface area contributed by atoms with Crippen LogP contribution < -0.4 is 19.7 Å². The van der Waals surface area contributed by atoms with Gasteiger partial charge in [0.05, 0.1) is 5.56 Å². The number of rotatable bonds is 6. The van der Waals surface area contributed by atoms with E-state index in [0.717, 1.165) is 59.4 Å². The number of fused-ring (bicyclic) bond motifs is 1. The van der Waals surface area contributed by atoms with Crippen LogP contribution in [0.15, 0.2) is 53.1 Å². The summed E-state index contributed by atoms with van der Waals surface area (Å²) in [6, 6.07) is 16.3. The summed E-state index contributed by atoms with van der Waals surface area (Å²) in [7, 11) is 0. The normalized spacial score (nSPS) is 15.7. The summed E-state index contributed by atoms with van der Waals surface area (Å²) in [5.41, 5.74) is 4.29. The van der Waals surface area contributed by atoms with E-state index in [9.17, 15) is 0 Å². The second-order valence-electron chi connectivity index (χ2n) is 7.52. The molecule has 0 unspecified atom stereocenters. The van der Waals surface area contributed by atoms with Gasteiger partial charge in [0.1, 0.15) is 5.69 Å². The van der Waals surface area contributed by atoms with Crippen molar-refractivity contribution >= 4 is 5.88 Å². The molecular formula is C23H25N3O3. The Labute approximate surface area is 170 Å². The molecule has 0 radical (unpaired) electrons. The summed E-state index contributed by atoms with van der Waals surface area (Å²) in [4.78, 5) is 2.33. The van der Waals surface area contributed by atoms with Crippen LogP contribution >= 0.6 is 0 Å². The van der Waals surface area contributed by atoms with E-state index in [4.69, 9.17) is 14.0 Å². The molecule has 2 aliphatic rings. The van der Waals surface area contributed by atoms with Gasteiger partial charge in [-0.3, -0.25) is 0 Å². The Hall–Kier alpha value is -2.99. The Kier molecular flexibility index (Phi) is 5.09. The third-order valence-corrected chi connectivity index (χ3v) is 5.53. The van der Waals surface area contributed by atoms with E-state index in [2.05, 4.69) is 33.6 Å². The molecule has 1 saturated heterocycles. The van der Waals surface area contributed by atoms with E-state index in [1.165, 1.54) is 19.3 Å². The maximum atomic E-state index is 5.85. The number of benzene rings is 2. The highest BCUT2D eigenvalue weighted by molar-refractivity contribution is 5.68. The van der Waals surface area contributed by atoms with Gasteiger partial charge < -0.3 is 24.2 Å². The summed E-state index contributed by atoms with van der Waals surface area (Å²) in [6.07, 6.45) is 3.69. The number of hydrogen-bond acceptors (Lipinski definition) is 6. The van der Waals surface area contributed by atoms with E-state index in [0.29, 0.717) is 13.3 Å². The standard InChI is InChI=1S/C23H25N3O3/c1-3-7-18(8-4-1)22-19(23(29-25-22)26-11-5-2-6-12-26)15-24-14-17-9-10-20-21(13-17)28-16-27-20/h1,3-4,7-10,13,24H,2,5-6,11-12,14-16H2. The van der Waals surface area contributed by atoms with Crippen LogP contribution in [-0.4, -0.2) is 25.0 Å². The maximum Gasteiger partial charge on any atom is 0.232 e. The van der Waals surface area contributed by atoms with Gasteiger partial charge >= 0.3 is 0 Å². The Morgan fingerprint density at radius 2 is 1.72 bits per heavy atom. The maximum absolute atomic E-state index is 5.85. The molecule has 150 valence electrons. The van der Waals surface area contributed by atoms with Gasteiger partial charge in [0.25, 0.3) is 0 Å². The first-order valence-corrected chi connectivity index (χ1v) is 10.3. The highest BCUT2D eigenvalue weighted by atomic mass is 16.7. The molecular weight excluding hydrogens is 366 g/mol. The highest BCUT2D eigenvalue weighted by Gasteiger charge is 2.23. The molecule has 3 aromatic rings. The summed E-state index contributed by atoms with van der Waals surface area (Å²) >= 11 is 0. The van der Waals surface area contributed by atoms with E-state index in [1.54, 1.807) is 0 Å². The average Bonchev–Trinajstić information content (AvgIpc) is 3.42. The summed E-state index contributed by atoms with van der Waals surface area (Å²) in [6.45, 7) is 3.77. The van der Waals surface area contributed by atoms with Crippen LogP contribution in [0.25, 0.3) is 11.3 Å². The van der Waals surface area contributed by atoms with Crippen molar-refractivity contribution in [2.45, 2.75) is 32.4 Å². The topological polar surface area (TPSA) is 59.8 Å². The molecule has 6 heteroatoms. The van der Waals surface area contributed by atoms with Crippen molar-refractivity contribution in [1.82, 2.24) is 10.5 Å². The second kappa shape index (κ2) is 8.17. The van der Waals surface area contributed by atoms with Gasteiger partial charge in [-0.15, -0.1) is 0 Å². The lowest BCUT2D eigenvalue weighted by molar-refractivity contribution is 0.174. The van der Waals surface area contributed by atoms with Crippen molar-refractivity contribution < 1.29 is 14.0 Å². The minimum Gasteiger partial charge on any atom is -0.454 e. The van der Waals surface area contributed by atoms with Crippen LogP contribution in [0, 0.1) is 0 Å². The van der Waals surface area contributed by atoms with Crippen molar-refractivity contribution in [2.75, 3.05) is 24.8 Å². The lowest BCUT2D eigenvalue weighted by Gasteiger charge is -2.26. The van der Waals surface area contributed by atoms with Crippen molar-refractivity contribution in [3.05, 3.63) is 59.7 Å². The predicted molar refractivity (Wildman–Crippen MR) is 111 cm³/mol. The predicted octanol–water partition coefficient (Wildman–Crippen LogP) is 4.35. The highest BCUT2D eigenvalue weighted by Crippen LogP contribution is 2.34. The molecule has 2 aliphatic heterocycles. The zero-order chi connectivity index (χ0) is 19.5. The number of nitrogens with one attached hydrogen (secondary N) is 1. The molecule has 1 fully saturated rings. The molecule has 5 rings (SSSR count). The second-order valence-corrected chi connectivity index (χ2v) is 7.52. The number of piperidine rings is 1. The van der Waals surface area contributed by atoms with Gasteiger partial charge in [-0.05, 0) is 37.0 Å². The van der Waals surface area contributed by atoms with Crippen molar-refractivity contribution in [3.8, 4) is 22.8 Å². The Morgan fingerprint density at radius 1 is 0.897 bits per heavy atom. The average molecular weight is 391 g/mol. The van der Waals surface area contributed by atoms with Crippen LogP contribution in [0.3, 0.4) is 0 Å². The molecule has 6 nitrogen and oxygen atoms in total. The van der Waals surface area contributed by atoms with Gasteiger partial charge in [-0.25, -0.2) is 0 Å². The van der Waals surface area contributed by atoms with E-state index < -0.39 is 0 Å². The molecule has 0 aliphatic carbocycles. The van der Waals surface area contributed by atoms with Gasteiger partial charge in [0, 0.05) is 31.7 Å². The van der Waals surface area contributed by atoms with E-state index in [1.807, 2.05) is 30.3 Å². The third-order valence-electron chi connectivity index (χ3n) is 5.53. The number of aromatic nitrogens is 1. The minimum atomic E-state index is 0.298. The van der Waals surface area contributed by atoms with E-state index >= 15 is 0 Å². The first-order chi connectivity index (χ1) is 14.4. The molecule has 0 amide bonds. The minimum absolute atomic E-state index is 0.298. The molecule has 2 aromatic carbocycles. The van der Waals surface area contributed by atoms with E-state index in [-0.39, 0.29) is 0 Å². The number of nitrogens with zero attached hydrogens (tertiary/aromatic N) is 2. The molecule has 0 saturated carbocycles. The van der Waals surface area contributed by atoms with Crippen LogP contribution in [-0.2, 0) is 13.1 Å². The molecule has 1 N–H and O–H groups in total. The number of hydrogen-bond donors (Lipinski definition) is 1. The van der Waals surface area contributed by atoms with Gasteiger partial charge in [-0.1, -0.05) is 41.6 Å². The zero-order valence-electron chi connectivity index (χ0n) is 16.4. The first-order valence-electron chi connectivity index (χ1n) is 10.3. The number of ether oxygens (including phenoxy) is 2. The van der Waals surface area contributed by atoms with Gasteiger partial charge in [0.2, 0.25) is 12.7 Å². The summed E-state index contributed by atoms with van der Waals surface area (Å²) in [5.74, 6) is 2.53. The van der Waals surface area contributed by atoms with Crippen molar-refractivity contribution in [1.29, 1.82) is 0 Å². The van der Waals surface area contributed by atoms with Gasteiger partial charge in [-0.2, -0.15) is 0 Å². The zero-order valence-corrected chi connectivity index (χ0v) is 16.4. The third kappa shape index (κ3) is 3.80. The smallest absolute Gasteiger partial charge is 0.232 e. The lowest BCUT2D eigenvalue weighted by Crippen LogP contribution is -2.30. The Bertz CT molecular complexity index is 965. The SMILES string of the molecule is c1ccc(-c2noc(N3CCCCC3)c2CNCc2ccc3c(c2)OCO3)cc1. The molecule has 0 spiro atoms. The summed E-state index contributed by atoms with van der Waals surface area (Å²) in [5, 5.41) is 8.00. The monoisotopic (exact) mass is 391 g/mol. The molecule has 1 aromatic heterocycles. The molecule has 3 heterocycles. The number of anilines is 1. The Morgan fingerprint density at radius 3 is 2.59 bits per heavy atom. The first kappa shape index (κ1) is 18.1. The molecule has 29 heavy (non-hydrogen) atoms. The van der Waals surface area contributed by atoms with Crippen molar-refractivity contribution in [3.63, 3.8) is 0 Å². The fourth-order valence-electron chi connectivity index (χ4n) is 4.01. The van der Waals surface area contributed by atoms with Crippen molar-refractivity contribution in [2.24, 2.45) is 0 Å². The fraction of sp³-hybridized carbons (Fsp3) is 0.348. The fourth-order valence-corrected chi connectivity index (χ4v) is 4.01. The molecule has 0 bridgehead atoms. The van der Waals surface area contributed by atoms with Crippen LogP contribution in [0.2, 0.25) is 0 Å². The van der Waals surface area contributed by atoms with Crippen LogP contribution in [0.4, 0.5) is 5.88 Å².